The van der Waals surface area contributed by atoms with Crippen molar-refractivity contribution in [3.05, 3.63) is 42.7 Å². The number of nitrogens with one attached hydrogen (secondary N) is 1. The van der Waals surface area contributed by atoms with Gasteiger partial charge in [-0.1, -0.05) is 23.4 Å². The van der Waals surface area contributed by atoms with E-state index in [-0.39, 0.29) is 11.8 Å². The van der Waals surface area contributed by atoms with Gasteiger partial charge in [-0.2, -0.15) is 0 Å². The van der Waals surface area contributed by atoms with Crippen LogP contribution in [-0.4, -0.2) is 31.8 Å². The Morgan fingerprint density at radius 3 is 3.00 bits per heavy atom. The molecule has 3 aromatic rings. The number of fused-ring (bicyclic) bond motifs is 1. The van der Waals surface area contributed by atoms with E-state index in [1.807, 2.05) is 30.3 Å². The molecule has 0 bridgehead atoms. The second-order valence-electron chi connectivity index (χ2n) is 5.46. The second kappa shape index (κ2) is 5.28. The van der Waals surface area contributed by atoms with Crippen molar-refractivity contribution in [1.29, 1.82) is 0 Å². The summed E-state index contributed by atoms with van der Waals surface area (Å²) in [7, 11) is 0. The molecule has 1 fully saturated rings. The number of aromatic nitrogens is 4. The van der Waals surface area contributed by atoms with Crippen molar-refractivity contribution in [2.24, 2.45) is 0 Å². The van der Waals surface area contributed by atoms with Crippen LogP contribution in [0.15, 0.2) is 42.7 Å². The van der Waals surface area contributed by atoms with Crippen molar-refractivity contribution < 1.29 is 9.59 Å². The van der Waals surface area contributed by atoms with Crippen LogP contribution in [-0.2, 0) is 9.59 Å². The van der Waals surface area contributed by atoms with Crippen LogP contribution in [0.2, 0.25) is 0 Å². The first-order chi connectivity index (χ1) is 11.2. The maximum Gasteiger partial charge on any atom is 0.251 e. The number of nitrogens with zero attached hydrogens (tertiary/aromatic N) is 4. The summed E-state index contributed by atoms with van der Waals surface area (Å²) in [6, 6.07) is 9.25. The molecule has 7 nitrogen and oxygen atoms in total. The molecule has 23 heavy (non-hydrogen) atoms. The molecule has 0 aliphatic carbocycles. The second-order valence-corrected chi connectivity index (χ2v) is 5.46. The number of carbonyl (C=O) groups excluding carboxylic acids is 2. The first-order valence-electron chi connectivity index (χ1n) is 7.31. The highest BCUT2D eigenvalue weighted by atomic mass is 16.2. The highest BCUT2D eigenvalue weighted by Gasteiger charge is 2.29. The van der Waals surface area contributed by atoms with Crippen LogP contribution in [0.1, 0.15) is 18.9 Å². The summed E-state index contributed by atoms with van der Waals surface area (Å²) >= 11 is 0. The molecule has 0 saturated carbocycles. The molecule has 2 amide bonds. The largest absolute Gasteiger partial charge is 0.295 e. The van der Waals surface area contributed by atoms with Crippen molar-refractivity contribution in [3.63, 3.8) is 0 Å². The lowest BCUT2D eigenvalue weighted by Crippen LogP contribution is -2.41. The SMILES string of the molecule is O=C1CCC(n2cc(-c3ccc4cccnc4c3)nn2)C(=O)N1. The molecule has 0 radical (unpaired) electrons. The molecule has 114 valence electrons. The van der Waals surface area contributed by atoms with Crippen molar-refractivity contribution >= 4 is 22.7 Å². The van der Waals surface area contributed by atoms with Crippen LogP contribution in [0, 0.1) is 0 Å². The van der Waals surface area contributed by atoms with Gasteiger partial charge < -0.3 is 0 Å². The van der Waals surface area contributed by atoms with Crippen LogP contribution in [0.25, 0.3) is 22.2 Å². The van der Waals surface area contributed by atoms with E-state index in [2.05, 4.69) is 20.6 Å². The van der Waals surface area contributed by atoms with Crippen LogP contribution >= 0.6 is 0 Å². The van der Waals surface area contributed by atoms with Gasteiger partial charge in [0, 0.05) is 23.6 Å². The number of rotatable bonds is 2. The fraction of sp³-hybridized carbons (Fsp3) is 0.188. The van der Waals surface area contributed by atoms with E-state index >= 15 is 0 Å². The topological polar surface area (TPSA) is 89.8 Å². The van der Waals surface area contributed by atoms with E-state index in [1.165, 1.54) is 4.68 Å². The normalized spacial score (nSPS) is 18.2. The Kier molecular flexibility index (Phi) is 3.11. The van der Waals surface area contributed by atoms with Crippen LogP contribution in [0.3, 0.4) is 0 Å². The molecular formula is C16H13N5O2. The Morgan fingerprint density at radius 1 is 1.22 bits per heavy atom. The quantitative estimate of drug-likeness (QED) is 0.724. The van der Waals surface area contributed by atoms with E-state index in [0.29, 0.717) is 18.5 Å². The van der Waals surface area contributed by atoms with Gasteiger partial charge in [0.25, 0.3) is 5.91 Å². The molecular weight excluding hydrogens is 294 g/mol. The van der Waals surface area contributed by atoms with E-state index in [1.54, 1.807) is 12.4 Å². The average molecular weight is 307 g/mol. The van der Waals surface area contributed by atoms with Gasteiger partial charge in [-0.25, -0.2) is 4.68 Å². The molecule has 1 N–H and O–H groups in total. The molecule has 2 aromatic heterocycles. The van der Waals surface area contributed by atoms with E-state index in [9.17, 15) is 9.59 Å². The lowest BCUT2D eigenvalue weighted by atomic mass is 10.1. The first kappa shape index (κ1) is 13.6. The van der Waals surface area contributed by atoms with Gasteiger partial charge in [-0.3, -0.25) is 19.9 Å². The number of piperidine rings is 1. The van der Waals surface area contributed by atoms with Gasteiger partial charge in [0.15, 0.2) is 0 Å². The highest BCUT2D eigenvalue weighted by molar-refractivity contribution is 5.99. The Labute approximate surface area is 131 Å². The Morgan fingerprint density at radius 2 is 2.13 bits per heavy atom. The molecule has 3 heterocycles. The average Bonchev–Trinajstić information content (AvgIpc) is 3.04. The molecule has 4 rings (SSSR count). The molecule has 1 saturated heterocycles. The first-order valence-corrected chi connectivity index (χ1v) is 7.31. The lowest BCUT2D eigenvalue weighted by Gasteiger charge is -2.20. The zero-order chi connectivity index (χ0) is 15.8. The van der Waals surface area contributed by atoms with Gasteiger partial charge >= 0.3 is 0 Å². The molecule has 0 spiro atoms. The smallest absolute Gasteiger partial charge is 0.251 e. The van der Waals surface area contributed by atoms with Crippen molar-refractivity contribution in [3.8, 4) is 11.3 Å². The van der Waals surface area contributed by atoms with E-state index < -0.39 is 6.04 Å². The molecule has 1 aromatic carbocycles. The van der Waals surface area contributed by atoms with Crippen molar-refractivity contribution in [1.82, 2.24) is 25.3 Å². The van der Waals surface area contributed by atoms with Crippen molar-refractivity contribution in [2.75, 3.05) is 0 Å². The number of imide groups is 1. The highest BCUT2D eigenvalue weighted by Crippen LogP contribution is 2.24. The van der Waals surface area contributed by atoms with Gasteiger partial charge in [0.2, 0.25) is 5.91 Å². The van der Waals surface area contributed by atoms with E-state index in [4.69, 9.17) is 0 Å². The number of hydrogen-bond acceptors (Lipinski definition) is 5. The van der Waals surface area contributed by atoms with Crippen LogP contribution in [0.4, 0.5) is 0 Å². The zero-order valence-corrected chi connectivity index (χ0v) is 12.1. The molecule has 1 unspecified atom stereocenters. The third kappa shape index (κ3) is 2.46. The maximum absolute atomic E-state index is 11.9. The van der Waals surface area contributed by atoms with Gasteiger partial charge in [-0.15, -0.1) is 5.10 Å². The summed E-state index contributed by atoms with van der Waals surface area (Å²) in [6.45, 7) is 0. The molecule has 7 heteroatoms. The minimum Gasteiger partial charge on any atom is -0.295 e. The minimum absolute atomic E-state index is 0.243. The summed E-state index contributed by atoms with van der Waals surface area (Å²) in [5.74, 6) is -0.579. The van der Waals surface area contributed by atoms with E-state index in [0.717, 1.165) is 16.5 Å². The summed E-state index contributed by atoms with van der Waals surface area (Å²) in [4.78, 5) is 27.4. The minimum atomic E-state index is -0.493. The molecule has 1 aliphatic heterocycles. The number of pyridine rings is 1. The Hall–Kier alpha value is -3.09. The van der Waals surface area contributed by atoms with Gasteiger partial charge in [-0.05, 0) is 18.6 Å². The van der Waals surface area contributed by atoms with Crippen LogP contribution in [0.5, 0.6) is 0 Å². The number of hydrogen-bond donors (Lipinski definition) is 1. The van der Waals surface area contributed by atoms with Crippen molar-refractivity contribution in [2.45, 2.75) is 18.9 Å². The number of amides is 2. The zero-order valence-electron chi connectivity index (χ0n) is 12.1. The number of carbonyl (C=O) groups is 2. The third-order valence-electron chi connectivity index (χ3n) is 3.94. The summed E-state index contributed by atoms with van der Waals surface area (Å²) in [5, 5.41) is 11.6. The maximum atomic E-state index is 11.9. The Balaban J connectivity index is 1.66. The predicted octanol–water partition coefficient (Wildman–Crippen LogP) is 1.47. The monoisotopic (exact) mass is 307 g/mol. The van der Waals surface area contributed by atoms with Gasteiger partial charge in [0.1, 0.15) is 11.7 Å². The summed E-state index contributed by atoms with van der Waals surface area (Å²) in [6.07, 6.45) is 4.22. The fourth-order valence-corrected chi connectivity index (χ4v) is 2.72. The predicted molar refractivity (Wildman–Crippen MR) is 82.2 cm³/mol. The summed E-state index contributed by atoms with van der Waals surface area (Å²) < 4.78 is 1.51. The van der Waals surface area contributed by atoms with Crippen LogP contribution < -0.4 is 5.32 Å². The summed E-state index contributed by atoms with van der Waals surface area (Å²) in [5.41, 5.74) is 2.43. The number of benzene rings is 1. The molecule has 1 aliphatic rings. The van der Waals surface area contributed by atoms with Gasteiger partial charge in [0.05, 0.1) is 11.7 Å². The lowest BCUT2D eigenvalue weighted by molar-refractivity contribution is -0.136. The molecule has 1 atom stereocenters. The Bertz CT molecular complexity index is 917. The third-order valence-corrected chi connectivity index (χ3v) is 3.94. The standard InChI is InChI=1S/C16H13N5O2/c22-15-6-5-14(16(23)18-15)21-9-13(19-20-21)11-4-3-10-2-1-7-17-12(10)8-11/h1-4,7-9,14H,5-6H2,(H,18,22,23). The fourth-order valence-electron chi connectivity index (χ4n) is 2.72.